The summed E-state index contributed by atoms with van der Waals surface area (Å²) >= 11 is 5.92. The number of halogens is 3. The summed E-state index contributed by atoms with van der Waals surface area (Å²) in [6.45, 7) is 1.22. The van der Waals surface area contributed by atoms with Crippen LogP contribution in [0.15, 0.2) is 17.0 Å². The van der Waals surface area contributed by atoms with Gasteiger partial charge in [-0.25, -0.2) is 17.2 Å². The maximum absolute atomic E-state index is 12.4. The van der Waals surface area contributed by atoms with Gasteiger partial charge in [-0.3, -0.25) is 0 Å². The normalized spacial score (nSPS) is 12.4. The molecule has 0 aromatic heterocycles. The molecule has 1 rings (SSSR count). The molecule has 0 aliphatic rings. The molecule has 1 aromatic carbocycles. The van der Waals surface area contributed by atoms with E-state index < -0.39 is 23.0 Å². The summed E-state index contributed by atoms with van der Waals surface area (Å²) in [6, 6.07) is 2.94. The first-order valence-corrected chi connectivity index (χ1v) is 7.70. The fourth-order valence-electron chi connectivity index (χ4n) is 1.81. The molecule has 4 nitrogen and oxygen atoms in total. The molecule has 0 bridgehead atoms. The predicted molar refractivity (Wildman–Crippen MR) is 74.8 cm³/mol. The largest absolute Gasteiger partial charge is 0.316 e. The van der Waals surface area contributed by atoms with Crippen LogP contribution >= 0.6 is 11.6 Å². The lowest BCUT2D eigenvalue weighted by Gasteiger charge is -2.19. The molecule has 0 saturated carbocycles. The van der Waals surface area contributed by atoms with Crippen molar-refractivity contribution in [2.24, 2.45) is 0 Å². The van der Waals surface area contributed by atoms with Crippen molar-refractivity contribution in [3.8, 4) is 0 Å². The highest BCUT2D eigenvalue weighted by Gasteiger charge is 2.26. The summed E-state index contributed by atoms with van der Waals surface area (Å²) in [4.78, 5) is -0.0431. The van der Waals surface area contributed by atoms with Gasteiger partial charge in [0.2, 0.25) is 10.0 Å². The predicted octanol–water partition coefficient (Wildman–Crippen LogP) is 2.25. The van der Waals surface area contributed by atoms with Gasteiger partial charge in [0.15, 0.2) is 0 Å². The van der Waals surface area contributed by atoms with Gasteiger partial charge in [-0.1, -0.05) is 11.6 Å². The van der Waals surface area contributed by atoms with Crippen LogP contribution < -0.4 is 5.32 Å². The molecular weight excluding hydrogens is 310 g/mol. The molecule has 0 aliphatic heterocycles. The Morgan fingerprint density at radius 2 is 2.00 bits per heavy atom. The molecule has 8 heteroatoms. The van der Waals surface area contributed by atoms with Crippen LogP contribution in [0.25, 0.3) is 0 Å². The molecule has 114 valence electrons. The first-order valence-electron chi connectivity index (χ1n) is 5.88. The first kappa shape index (κ1) is 17.3. The average Bonchev–Trinajstić information content (AvgIpc) is 2.32. The van der Waals surface area contributed by atoms with Gasteiger partial charge < -0.3 is 5.32 Å². The summed E-state index contributed by atoms with van der Waals surface area (Å²) in [5.41, 5.74) is 1.22. The maximum atomic E-state index is 12.4. The van der Waals surface area contributed by atoms with Crippen LogP contribution in [0.1, 0.15) is 11.1 Å². The van der Waals surface area contributed by atoms with E-state index in [1.165, 1.54) is 6.07 Å². The molecule has 0 spiro atoms. The molecule has 1 N–H and O–H groups in total. The molecule has 0 radical (unpaired) electrons. The van der Waals surface area contributed by atoms with E-state index in [4.69, 9.17) is 11.6 Å². The summed E-state index contributed by atoms with van der Waals surface area (Å²) in [6.07, 6.45) is -2.73. The minimum Gasteiger partial charge on any atom is -0.316 e. The number of rotatable bonds is 6. The van der Waals surface area contributed by atoms with Gasteiger partial charge >= 0.3 is 0 Å². The Balaban J connectivity index is 3.31. The zero-order chi connectivity index (χ0) is 15.5. The Hall–Kier alpha value is -0.760. The Bertz CT molecular complexity index is 579. The number of nitrogens with zero attached hydrogens (tertiary/aromatic N) is 1. The third-order valence-electron chi connectivity index (χ3n) is 2.88. The Kier molecular flexibility index (Phi) is 5.88. The Morgan fingerprint density at radius 3 is 2.50 bits per heavy atom. The molecule has 0 saturated heterocycles. The van der Waals surface area contributed by atoms with Crippen molar-refractivity contribution in [2.75, 3.05) is 20.6 Å². The van der Waals surface area contributed by atoms with Gasteiger partial charge in [-0.2, -0.15) is 4.31 Å². The van der Waals surface area contributed by atoms with Crippen molar-refractivity contribution < 1.29 is 17.2 Å². The van der Waals surface area contributed by atoms with E-state index >= 15 is 0 Å². The second-order valence-electron chi connectivity index (χ2n) is 4.40. The molecule has 0 fully saturated rings. The second kappa shape index (κ2) is 6.80. The van der Waals surface area contributed by atoms with Gasteiger partial charge in [0.05, 0.1) is 11.4 Å². The quantitative estimate of drug-likeness (QED) is 0.872. The van der Waals surface area contributed by atoms with Gasteiger partial charge in [0.25, 0.3) is 6.43 Å². The Morgan fingerprint density at radius 1 is 1.40 bits per heavy atom. The number of sulfonamides is 1. The van der Waals surface area contributed by atoms with Crippen molar-refractivity contribution in [2.45, 2.75) is 24.8 Å². The van der Waals surface area contributed by atoms with Crippen molar-refractivity contribution in [3.05, 3.63) is 28.3 Å². The van der Waals surface area contributed by atoms with E-state index in [9.17, 15) is 17.2 Å². The van der Waals surface area contributed by atoms with E-state index in [-0.39, 0.29) is 9.92 Å². The minimum atomic E-state index is -3.99. The molecule has 0 unspecified atom stereocenters. The van der Waals surface area contributed by atoms with Crippen LogP contribution in [0.4, 0.5) is 8.78 Å². The highest BCUT2D eigenvalue weighted by atomic mass is 35.5. The molecule has 20 heavy (non-hydrogen) atoms. The van der Waals surface area contributed by atoms with Crippen LogP contribution in [0.3, 0.4) is 0 Å². The molecular formula is C12H17ClF2N2O2S. The van der Waals surface area contributed by atoms with Crippen molar-refractivity contribution in [3.63, 3.8) is 0 Å². The monoisotopic (exact) mass is 326 g/mol. The molecule has 0 amide bonds. The highest BCUT2D eigenvalue weighted by Crippen LogP contribution is 2.26. The molecule has 0 aliphatic carbocycles. The average molecular weight is 327 g/mol. The van der Waals surface area contributed by atoms with Crippen molar-refractivity contribution in [1.29, 1.82) is 0 Å². The van der Waals surface area contributed by atoms with Crippen molar-refractivity contribution in [1.82, 2.24) is 9.62 Å². The number of nitrogens with one attached hydrogen (secondary N) is 1. The van der Waals surface area contributed by atoms with Crippen LogP contribution in [-0.4, -0.2) is 39.8 Å². The summed E-state index contributed by atoms with van der Waals surface area (Å²) in [5, 5.41) is 3.16. The number of hydrogen-bond acceptors (Lipinski definition) is 3. The topological polar surface area (TPSA) is 49.4 Å². The smallest absolute Gasteiger partial charge is 0.252 e. The SMILES string of the molecule is CNCc1cc(Cl)cc(S(=O)(=O)N(C)CC(F)F)c1C. The fourth-order valence-corrected chi connectivity index (χ4v) is 3.55. The molecule has 1 aromatic rings. The summed E-state index contributed by atoms with van der Waals surface area (Å²) in [7, 11) is -1.14. The van der Waals surface area contributed by atoms with E-state index in [0.29, 0.717) is 22.0 Å². The van der Waals surface area contributed by atoms with E-state index in [2.05, 4.69) is 5.32 Å². The summed E-state index contributed by atoms with van der Waals surface area (Å²) < 4.78 is 50.0. The number of benzene rings is 1. The van der Waals surface area contributed by atoms with Crippen LogP contribution in [0.5, 0.6) is 0 Å². The van der Waals surface area contributed by atoms with Gasteiger partial charge in [-0.15, -0.1) is 0 Å². The molecule has 0 atom stereocenters. The highest BCUT2D eigenvalue weighted by molar-refractivity contribution is 7.89. The zero-order valence-corrected chi connectivity index (χ0v) is 13.0. The maximum Gasteiger partial charge on any atom is 0.252 e. The lowest BCUT2D eigenvalue weighted by atomic mass is 10.1. The number of hydrogen-bond donors (Lipinski definition) is 1. The standard InChI is InChI=1S/C12H17ClF2N2O2S/c1-8-9(6-16-2)4-10(13)5-11(8)20(18,19)17(3)7-12(14)15/h4-5,12,16H,6-7H2,1-3H3. The fraction of sp³-hybridized carbons (Fsp3) is 0.500. The third kappa shape index (κ3) is 3.88. The van der Waals surface area contributed by atoms with Crippen molar-refractivity contribution >= 4 is 21.6 Å². The second-order valence-corrected chi connectivity index (χ2v) is 6.84. The lowest BCUT2D eigenvalue weighted by molar-refractivity contribution is 0.126. The summed E-state index contributed by atoms with van der Waals surface area (Å²) in [5.74, 6) is 0. The van der Waals surface area contributed by atoms with Crippen LogP contribution in [0.2, 0.25) is 5.02 Å². The van der Waals surface area contributed by atoms with Gasteiger partial charge in [0, 0.05) is 18.6 Å². The lowest BCUT2D eigenvalue weighted by Crippen LogP contribution is -2.32. The van der Waals surface area contributed by atoms with E-state index in [1.54, 1.807) is 20.0 Å². The molecule has 0 heterocycles. The van der Waals surface area contributed by atoms with Gasteiger partial charge in [0.1, 0.15) is 0 Å². The van der Waals surface area contributed by atoms with Crippen LogP contribution in [-0.2, 0) is 16.6 Å². The zero-order valence-electron chi connectivity index (χ0n) is 11.5. The Labute approximate surface area is 122 Å². The van der Waals surface area contributed by atoms with Gasteiger partial charge in [-0.05, 0) is 37.2 Å². The van der Waals surface area contributed by atoms with E-state index in [1.807, 2.05) is 0 Å². The first-order chi connectivity index (χ1) is 9.20. The number of alkyl halides is 2. The van der Waals surface area contributed by atoms with Crippen LogP contribution in [0, 0.1) is 6.92 Å². The van der Waals surface area contributed by atoms with E-state index in [0.717, 1.165) is 7.05 Å². The third-order valence-corrected chi connectivity index (χ3v) is 5.05. The minimum absolute atomic E-state index is 0.0431.